The zero-order valence-electron chi connectivity index (χ0n) is 11.0. The molecule has 0 aromatic heterocycles. The molecule has 2 atom stereocenters. The van der Waals surface area contributed by atoms with Crippen LogP contribution in [0.5, 0.6) is 0 Å². The van der Waals surface area contributed by atoms with E-state index in [-0.39, 0.29) is 12.1 Å². The Morgan fingerprint density at radius 1 is 1.11 bits per heavy atom. The van der Waals surface area contributed by atoms with Gasteiger partial charge in [-0.2, -0.15) is 8.78 Å². The van der Waals surface area contributed by atoms with Gasteiger partial charge >= 0.3 is 0 Å². The van der Waals surface area contributed by atoms with Crippen molar-refractivity contribution in [2.75, 3.05) is 19.6 Å². The zero-order chi connectivity index (χ0) is 13.3. The van der Waals surface area contributed by atoms with E-state index in [2.05, 4.69) is 5.32 Å². The van der Waals surface area contributed by atoms with E-state index in [1.165, 1.54) is 18.6 Å². The van der Waals surface area contributed by atoms with Gasteiger partial charge in [0, 0.05) is 24.2 Å². The van der Waals surface area contributed by atoms with E-state index >= 15 is 0 Å². The third kappa shape index (κ3) is 2.95. The van der Waals surface area contributed by atoms with Crippen molar-refractivity contribution in [2.45, 2.75) is 37.3 Å². The van der Waals surface area contributed by atoms with Crippen LogP contribution in [0.3, 0.4) is 0 Å². The number of likely N-dealkylation sites (tertiary alicyclic amines) is 1. The van der Waals surface area contributed by atoms with Crippen molar-refractivity contribution in [3.05, 3.63) is 35.9 Å². The lowest BCUT2D eigenvalue weighted by Crippen LogP contribution is -2.40. The maximum absolute atomic E-state index is 14.3. The maximum Gasteiger partial charge on any atom is 0.285 e. The smallest absolute Gasteiger partial charge is 0.285 e. The van der Waals surface area contributed by atoms with Gasteiger partial charge in [-0.15, -0.1) is 0 Å². The average molecular weight is 266 g/mol. The van der Waals surface area contributed by atoms with Crippen molar-refractivity contribution in [3.63, 3.8) is 0 Å². The quantitative estimate of drug-likeness (QED) is 0.904. The number of benzene rings is 1. The van der Waals surface area contributed by atoms with E-state index in [0.29, 0.717) is 12.1 Å². The molecule has 1 N–H and O–H groups in total. The molecule has 0 amide bonds. The minimum absolute atomic E-state index is 0.123. The van der Waals surface area contributed by atoms with Crippen LogP contribution in [-0.2, 0) is 5.92 Å². The van der Waals surface area contributed by atoms with Crippen molar-refractivity contribution in [1.29, 1.82) is 0 Å². The normalized spacial score (nSPS) is 28.3. The lowest BCUT2D eigenvalue weighted by Gasteiger charge is -2.28. The second-order valence-corrected chi connectivity index (χ2v) is 5.73. The largest absolute Gasteiger partial charge is 0.310 e. The third-order valence-electron chi connectivity index (χ3n) is 4.23. The second-order valence-electron chi connectivity index (χ2n) is 5.73. The summed E-state index contributed by atoms with van der Waals surface area (Å²) in [6.45, 7) is 1.36. The summed E-state index contributed by atoms with van der Waals surface area (Å²) in [6.07, 6.45) is 3.31. The molecule has 2 bridgehead atoms. The van der Waals surface area contributed by atoms with Gasteiger partial charge in [-0.25, -0.2) is 0 Å². The summed E-state index contributed by atoms with van der Waals surface area (Å²) in [6, 6.07) is 9.10. The maximum atomic E-state index is 14.3. The van der Waals surface area contributed by atoms with Gasteiger partial charge in [0.25, 0.3) is 5.92 Å². The van der Waals surface area contributed by atoms with Crippen LogP contribution in [0.15, 0.2) is 30.3 Å². The first-order valence-corrected chi connectivity index (χ1v) is 7.05. The number of fused-ring (bicyclic) bond motifs is 2. The number of nitrogens with one attached hydrogen (secondary N) is 1. The Bertz CT molecular complexity index is 421. The van der Waals surface area contributed by atoms with Crippen molar-refractivity contribution < 1.29 is 8.78 Å². The Morgan fingerprint density at radius 3 is 2.63 bits per heavy atom. The molecular weight excluding hydrogens is 246 g/mol. The molecule has 2 fully saturated rings. The highest BCUT2D eigenvalue weighted by molar-refractivity contribution is 5.20. The molecule has 1 aromatic rings. The molecule has 4 heteroatoms. The average Bonchev–Trinajstić information content (AvgIpc) is 2.74. The minimum Gasteiger partial charge on any atom is -0.310 e. The fraction of sp³-hybridized carbons (Fsp3) is 0.600. The summed E-state index contributed by atoms with van der Waals surface area (Å²) in [5.41, 5.74) is 0.123. The molecular formula is C15H20F2N2. The summed E-state index contributed by atoms with van der Waals surface area (Å²) in [4.78, 5) is 1.92. The number of halogens is 2. The van der Waals surface area contributed by atoms with Crippen LogP contribution in [0.1, 0.15) is 24.8 Å². The Hall–Kier alpha value is -1.00. The lowest BCUT2D eigenvalue weighted by atomic mass is 10.1. The van der Waals surface area contributed by atoms with Crippen molar-refractivity contribution in [3.8, 4) is 0 Å². The molecule has 19 heavy (non-hydrogen) atoms. The highest BCUT2D eigenvalue weighted by atomic mass is 19.3. The molecule has 2 nitrogen and oxygen atoms in total. The van der Waals surface area contributed by atoms with E-state index < -0.39 is 5.92 Å². The highest BCUT2D eigenvalue weighted by Crippen LogP contribution is 2.30. The van der Waals surface area contributed by atoms with Gasteiger partial charge in [0.15, 0.2) is 0 Å². The number of rotatable bonds is 3. The van der Waals surface area contributed by atoms with Gasteiger partial charge in [0.05, 0.1) is 6.54 Å². The zero-order valence-corrected chi connectivity index (χ0v) is 11.0. The van der Waals surface area contributed by atoms with Crippen LogP contribution in [0, 0.1) is 0 Å². The lowest BCUT2D eigenvalue weighted by molar-refractivity contribution is -0.0386. The SMILES string of the molecule is FC(F)(CN1CCC2CCC(C1)N2)c1ccccc1. The van der Waals surface area contributed by atoms with Crippen LogP contribution >= 0.6 is 0 Å². The molecule has 2 saturated heterocycles. The van der Waals surface area contributed by atoms with E-state index in [9.17, 15) is 8.78 Å². The molecule has 0 aliphatic carbocycles. The predicted octanol–water partition coefficient (Wildman–Crippen LogP) is 2.60. The van der Waals surface area contributed by atoms with Gasteiger partial charge < -0.3 is 5.32 Å². The second kappa shape index (κ2) is 5.17. The first-order valence-electron chi connectivity index (χ1n) is 7.05. The van der Waals surface area contributed by atoms with E-state index in [0.717, 1.165) is 25.9 Å². The fourth-order valence-electron chi connectivity index (χ4n) is 3.21. The molecule has 2 aliphatic rings. The predicted molar refractivity (Wildman–Crippen MR) is 71.3 cm³/mol. The van der Waals surface area contributed by atoms with Gasteiger partial charge in [-0.05, 0) is 25.8 Å². The highest BCUT2D eigenvalue weighted by Gasteiger charge is 2.37. The Labute approximate surface area is 112 Å². The molecule has 2 heterocycles. The topological polar surface area (TPSA) is 15.3 Å². The van der Waals surface area contributed by atoms with Gasteiger partial charge in [-0.3, -0.25) is 4.90 Å². The fourth-order valence-corrected chi connectivity index (χ4v) is 3.21. The monoisotopic (exact) mass is 266 g/mol. The number of alkyl halides is 2. The summed E-state index contributed by atoms with van der Waals surface area (Å²) in [7, 11) is 0. The van der Waals surface area contributed by atoms with Crippen LogP contribution in [0.25, 0.3) is 0 Å². The van der Waals surface area contributed by atoms with Crippen molar-refractivity contribution in [2.24, 2.45) is 0 Å². The van der Waals surface area contributed by atoms with Crippen LogP contribution in [0.4, 0.5) is 8.78 Å². The van der Waals surface area contributed by atoms with Crippen LogP contribution in [0.2, 0.25) is 0 Å². The summed E-state index contributed by atoms with van der Waals surface area (Å²) >= 11 is 0. The molecule has 2 unspecified atom stereocenters. The van der Waals surface area contributed by atoms with Gasteiger partial charge in [0.1, 0.15) is 0 Å². The molecule has 1 aromatic carbocycles. The number of hydrogen-bond donors (Lipinski definition) is 1. The summed E-state index contributed by atoms with van der Waals surface area (Å²) in [5, 5.41) is 3.52. The molecule has 104 valence electrons. The Morgan fingerprint density at radius 2 is 1.84 bits per heavy atom. The van der Waals surface area contributed by atoms with E-state index in [1.54, 1.807) is 18.2 Å². The van der Waals surface area contributed by atoms with Crippen molar-refractivity contribution in [1.82, 2.24) is 10.2 Å². The van der Waals surface area contributed by atoms with Crippen LogP contribution < -0.4 is 5.32 Å². The molecule has 0 spiro atoms. The first-order chi connectivity index (χ1) is 9.13. The van der Waals surface area contributed by atoms with Gasteiger partial charge in [-0.1, -0.05) is 30.3 Å². The molecule has 3 rings (SSSR count). The summed E-state index contributed by atoms with van der Waals surface area (Å²) < 4.78 is 28.5. The Kier molecular flexibility index (Phi) is 3.54. The third-order valence-corrected chi connectivity index (χ3v) is 4.23. The van der Waals surface area contributed by atoms with Crippen molar-refractivity contribution >= 4 is 0 Å². The van der Waals surface area contributed by atoms with Gasteiger partial charge in [0.2, 0.25) is 0 Å². The standard InChI is InChI=1S/C15H20F2N2/c16-15(17,12-4-2-1-3-5-12)11-19-9-8-13-6-7-14(10-19)18-13/h1-5,13-14,18H,6-11H2. The molecule has 0 saturated carbocycles. The first kappa shape index (κ1) is 13.0. The minimum atomic E-state index is -2.76. The number of hydrogen-bond acceptors (Lipinski definition) is 2. The van der Waals surface area contributed by atoms with E-state index in [1.807, 2.05) is 4.90 Å². The van der Waals surface area contributed by atoms with Crippen LogP contribution in [-0.4, -0.2) is 36.6 Å². The molecule has 0 radical (unpaired) electrons. The Balaban J connectivity index is 1.67. The summed E-state index contributed by atoms with van der Waals surface area (Å²) in [5.74, 6) is -2.76. The molecule has 2 aliphatic heterocycles. The van der Waals surface area contributed by atoms with E-state index in [4.69, 9.17) is 0 Å². The number of nitrogens with zero attached hydrogens (tertiary/aromatic N) is 1.